The van der Waals surface area contributed by atoms with Crippen molar-refractivity contribution in [3.8, 4) is 11.5 Å². The number of nitrogens with one attached hydrogen (secondary N) is 1. The molecule has 3 rings (SSSR count). The number of aryl methyl sites for hydroxylation is 1. The molecule has 2 aromatic rings. The molecule has 0 radical (unpaired) electrons. The van der Waals surface area contributed by atoms with Gasteiger partial charge in [-0.15, -0.1) is 0 Å². The highest BCUT2D eigenvalue weighted by atomic mass is 35.5. The van der Waals surface area contributed by atoms with E-state index in [1.165, 1.54) is 30.7 Å². The minimum Gasteiger partial charge on any atom is -0.493 e. The van der Waals surface area contributed by atoms with Crippen LogP contribution in [0.5, 0.6) is 11.5 Å². The molecule has 0 fully saturated rings. The molecule has 0 amide bonds. The van der Waals surface area contributed by atoms with E-state index >= 15 is 0 Å². The number of aliphatic hydroxyl groups is 1. The largest absolute Gasteiger partial charge is 0.493 e. The zero-order valence-corrected chi connectivity index (χ0v) is 19.2. The van der Waals surface area contributed by atoms with Gasteiger partial charge in [0.15, 0.2) is 0 Å². The summed E-state index contributed by atoms with van der Waals surface area (Å²) in [6, 6.07) is 9.00. The Morgan fingerprint density at radius 3 is 2.77 bits per heavy atom. The average Bonchev–Trinajstić information content (AvgIpc) is 3.15. The fourth-order valence-corrected chi connectivity index (χ4v) is 4.20. The molecule has 0 spiro atoms. The Balaban J connectivity index is 1.81. The SMILES string of the molecule is CCOc1cc(O[C@H]2CCc3c(C)cccc32)c(Cl)cc1CN[C@H](C(=O)OC)[C@@H](C)O. The van der Waals surface area contributed by atoms with Gasteiger partial charge in [-0.3, -0.25) is 10.1 Å². The zero-order chi connectivity index (χ0) is 22.5. The third-order valence-corrected chi connectivity index (χ3v) is 5.88. The fraction of sp³-hybridized carbons (Fsp3) is 0.458. The lowest BCUT2D eigenvalue weighted by Crippen LogP contribution is -2.45. The van der Waals surface area contributed by atoms with Crippen LogP contribution in [0.2, 0.25) is 5.02 Å². The maximum atomic E-state index is 11.9. The summed E-state index contributed by atoms with van der Waals surface area (Å²) in [5.74, 6) is 0.647. The lowest BCUT2D eigenvalue weighted by Gasteiger charge is -2.21. The van der Waals surface area contributed by atoms with Gasteiger partial charge in [-0.25, -0.2) is 0 Å². The van der Waals surface area contributed by atoms with Gasteiger partial charge in [0.2, 0.25) is 0 Å². The van der Waals surface area contributed by atoms with E-state index in [1.54, 1.807) is 12.1 Å². The number of halogens is 1. The molecule has 3 atom stereocenters. The summed E-state index contributed by atoms with van der Waals surface area (Å²) >= 11 is 6.56. The molecular formula is C24H30ClNO5. The first-order valence-electron chi connectivity index (χ1n) is 10.5. The van der Waals surface area contributed by atoms with Gasteiger partial charge in [0.05, 0.1) is 24.8 Å². The molecular weight excluding hydrogens is 418 g/mol. The first-order chi connectivity index (χ1) is 14.8. The highest BCUT2D eigenvalue weighted by molar-refractivity contribution is 6.32. The molecule has 2 aromatic carbocycles. The van der Waals surface area contributed by atoms with Crippen molar-refractivity contribution in [1.82, 2.24) is 5.32 Å². The van der Waals surface area contributed by atoms with Crippen LogP contribution in [-0.2, 0) is 22.5 Å². The van der Waals surface area contributed by atoms with Gasteiger partial charge in [-0.2, -0.15) is 0 Å². The van der Waals surface area contributed by atoms with Crippen LogP contribution in [0.4, 0.5) is 0 Å². The third kappa shape index (κ3) is 5.32. The molecule has 7 heteroatoms. The van der Waals surface area contributed by atoms with Crippen LogP contribution in [0.1, 0.15) is 48.6 Å². The smallest absolute Gasteiger partial charge is 0.325 e. The zero-order valence-electron chi connectivity index (χ0n) is 18.4. The van der Waals surface area contributed by atoms with Gasteiger partial charge in [-0.1, -0.05) is 29.8 Å². The highest BCUT2D eigenvalue weighted by Gasteiger charge is 2.27. The quantitative estimate of drug-likeness (QED) is 0.563. The molecule has 168 valence electrons. The van der Waals surface area contributed by atoms with Crippen molar-refractivity contribution in [2.75, 3.05) is 13.7 Å². The van der Waals surface area contributed by atoms with Crippen LogP contribution < -0.4 is 14.8 Å². The van der Waals surface area contributed by atoms with Crippen LogP contribution in [0, 0.1) is 6.92 Å². The summed E-state index contributed by atoms with van der Waals surface area (Å²) < 4.78 is 16.9. The number of carbonyl (C=O) groups is 1. The minimum absolute atomic E-state index is 0.0511. The Morgan fingerprint density at radius 2 is 2.10 bits per heavy atom. The van der Waals surface area contributed by atoms with Crippen molar-refractivity contribution in [3.05, 3.63) is 57.6 Å². The average molecular weight is 448 g/mol. The van der Waals surface area contributed by atoms with E-state index in [2.05, 4.69) is 30.4 Å². The number of ether oxygens (including phenoxy) is 3. The number of esters is 1. The van der Waals surface area contributed by atoms with Crippen molar-refractivity contribution in [3.63, 3.8) is 0 Å². The maximum Gasteiger partial charge on any atom is 0.325 e. The number of carbonyl (C=O) groups excluding carboxylic acids is 1. The van der Waals surface area contributed by atoms with E-state index in [-0.39, 0.29) is 12.6 Å². The van der Waals surface area contributed by atoms with Gasteiger partial charge in [0.1, 0.15) is 23.6 Å². The first kappa shape index (κ1) is 23.4. The molecule has 0 saturated carbocycles. The number of benzene rings is 2. The summed E-state index contributed by atoms with van der Waals surface area (Å²) in [4.78, 5) is 11.9. The van der Waals surface area contributed by atoms with E-state index in [9.17, 15) is 9.90 Å². The van der Waals surface area contributed by atoms with E-state index < -0.39 is 18.1 Å². The van der Waals surface area contributed by atoms with Gasteiger partial charge in [-0.05, 0) is 56.4 Å². The summed E-state index contributed by atoms with van der Waals surface area (Å²) in [5, 5.41) is 13.4. The van der Waals surface area contributed by atoms with Crippen LogP contribution in [0.15, 0.2) is 30.3 Å². The normalized spacial score (nSPS) is 17.0. The number of hydrogen-bond acceptors (Lipinski definition) is 6. The highest BCUT2D eigenvalue weighted by Crippen LogP contribution is 2.40. The second-order valence-corrected chi connectivity index (χ2v) is 8.14. The van der Waals surface area contributed by atoms with E-state index in [4.69, 9.17) is 25.8 Å². The number of rotatable bonds is 9. The monoisotopic (exact) mass is 447 g/mol. The van der Waals surface area contributed by atoms with E-state index in [1.807, 2.05) is 6.92 Å². The summed E-state index contributed by atoms with van der Waals surface area (Å²) in [6.07, 6.45) is 0.925. The summed E-state index contributed by atoms with van der Waals surface area (Å²) in [7, 11) is 1.29. The Bertz CT molecular complexity index is 930. The standard InChI is InChI=1S/C24H30ClNO5/c1-5-30-21-12-22(31-20-10-9-17-14(2)7-6-8-18(17)20)19(25)11-16(21)13-26-23(15(3)27)24(28)29-4/h6-8,11-12,15,20,23,26-27H,5,9-10,13H2,1-4H3/t15-,20+,23+/m1/s1. The third-order valence-electron chi connectivity index (χ3n) is 5.58. The number of methoxy groups -OCH3 is 1. The molecule has 0 aliphatic heterocycles. The number of aliphatic hydroxyl groups excluding tert-OH is 1. The van der Waals surface area contributed by atoms with Crippen molar-refractivity contribution in [2.45, 2.75) is 58.4 Å². The van der Waals surface area contributed by atoms with Crippen molar-refractivity contribution in [1.29, 1.82) is 0 Å². The van der Waals surface area contributed by atoms with Gasteiger partial charge < -0.3 is 19.3 Å². The van der Waals surface area contributed by atoms with E-state index in [0.29, 0.717) is 23.1 Å². The molecule has 6 nitrogen and oxygen atoms in total. The predicted octanol–water partition coefficient (Wildman–Crippen LogP) is 4.13. The van der Waals surface area contributed by atoms with Crippen LogP contribution in [-0.4, -0.2) is 36.9 Å². The second kappa shape index (κ2) is 10.4. The summed E-state index contributed by atoms with van der Waals surface area (Å²) in [6.45, 7) is 6.29. The van der Waals surface area contributed by atoms with Crippen LogP contribution >= 0.6 is 11.6 Å². The van der Waals surface area contributed by atoms with E-state index in [0.717, 1.165) is 18.4 Å². The molecule has 0 bridgehead atoms. The molecule has 1 aliphatic rings. The Hall–Kier alpha value is -2.28. The molecule has 2 N–H and O–H groups in total. The Labute approximate surface area is 188 Å². The van der Waals surface area contributed by atoms with Gasteiger partial charge in [0.25, 0.3) is 0 Å². The maximum absolute atomic E-state index is 11.9. The lowest BCUT2D eigenvalue weighted by atomic mass is 10.0. The molecule has 0 aromatic heterocycles. The van der Waals surface area contributed by atoms with Crippen LogP contribution in [0.3, 0.4) is 0 Å². The van der Waals surface area contributed by atoms with Crippen LogP contribution in [0.25, 0.3) is 0 Å². The molecule has 1 aliphatic carbocycles. The Kier molecular flexibility index (Phi) is 7.81. The Morgan fingerprint density at radius 1 is 1.32 bits per heavy atom. The fourth-order valence-electron chi connectivity index (χ4n) is 3.97. The van der Waals surface area contributed by atoms with Gasteiger partial charge >= 0.3 is 5.97 Å². The minimum atomic E-state index is -0.910. The van der Waals surface area contributed by atoms with Crippen molar-refractivity contribution in [2.24, 2.45) is 0 Å². The molecule has 0 unspecified atom stereocenters. The predicted molar refractivity (Wildman–Crippen MR) is 120 cm³/mol. The molecule has 31 heavy (non-hydrogen) atoms. The number of fused-ring (bicyclic) bond motifs is 1. The lowest BCUT2D eigenvalue weighted by molar-refractivity contribution is -0.145. The molecule has 0 heterocycles. The number of hydrogen-bond donors (Lipinski definition) is 2. The van der Waals surface area contributed by atoms with Crippen molar-refractivity contribution < 1.29 is 24.1 Å². The van der Waals surface area contributed by atoms with Crippen molar-refractivity contribution >= 4 is 17.6 Å². The topological polar surface area (TPSA) is 77.0 Å². The second-order valence-electron chi connectivity index (χ2n) is 7.73. The summed E-state index contributed by atoms with van der Waals surface area (Å²) in [5.41, 5.74) is 4.60. The first-order valence-corrected chi connectivity index (χ1v) is 10.9. The van der Waals surface area contributed by atoms with Gasteiger partial charge in [0, 0.05) is 18.2 Å². The molecule has 0 saturated heterocycles.